The number of carbonyl (C=O) groups is 1. The van der Waals surface area contributed by atoms with Crippen molar-refractivity contribution in [2.45, 2.75) is 6.04 Å². The summed E-state index contributed by atoms with van der Waals surface area (Å²) in [5, 5.41) is 3.97. The van der Waals surface area contributed by atoms with E-state index in [2.05, 4.69) is 15.2 Å². The summed E-state index contributed by atoms with van der Waals surface area (Å²) < 4.78 is 18.8. The van der Waals surface area contributed by atoms with Crippen LogP contribution in [0.15, 0.2) is 60.8 Å². The Morgan fingerprint density at radius 3 is 2.71 bits per heavy atom. The van der Waals surface area contributed by atoms with Crippen molar-refractivity contribution in [3.8, 4) is 0 Å². The molecule has 4 rings (SSSR count). The van der Waals surface area contributed by atoms with Crippen molar-refractivity contribution in [2.24, 2.45) is 0 Å². The highest BCUT2D eigenvalue weighted by Gasteiger charge is 2.23. The fourth-order valence-corrected chi connectivity index (χ4v) is 3.54. The lowest BCUT2D eigenvalue weighted by molar-refractivity contribution is 0.0162. The number of nitrogens with one attached hydrogen (secondary N) is 1. The lowest BCUT2D eigenvalue weighted by Gasteiger charge is -2.35. The maximum atomic E-state index is 13.3. The summed E-state index contributed by atoms with van der Waals surface area (Å²) >= 11 is 0. The standard InChI is InChI=1S/C22H22FN3O2/c23-19-6-3-16(4-7-19)21(26-10-12-28-13-11-26)15-25-22(27)18-5-8-20-17(14-18)2-1-9-24-20/h1-9,14,21H,10-13,15H2,(H,25,27). The van der Waals surface area contributed by atoms with Crippen LogP contribution in [0.4, 0.5) is 4.39 Å². The van der Waals surface area contributed by atoms with E-state index in [0.717, 1.165) is 29.6 Å². The van der Waals surface area contributed by atoms with Gasteiger partial charge in [-0.15, -0.1) is 0 Å². The molecule has 1 aliphatic rings. The summed E-state index contributed by atoms with van der Waals surface area (Å²) in [6.45, 7) is 3.31. The normalized spacial score (nSPS) is 16.0. The third-order valence-corrected chi connectivity index (χ3v) is 5.06. The Balaban J connectivity index is 1.50. The number of amides is 1. The molecule has 0 aliphatic carbocycles. The van der Waals surface area contributed by atoms with E-state index in [1.54, 1.807) is 24.4 Å². The van der Waals surface area contributed by atoms with Crippen LogP contribution < -0.4 is 5.32 Å². The summed E-state index contributed by atoms with van der Waals surface area (Å²) in [6, 6.07) is 15.7. The zero-order chi connectivity index (χ0) is 19.3. The second-order valence-electron chi connectivity index (χ2n) is 6.84. The van der Waals surface area contributed by atoms with Crippen LogP contribution in [0.5, 0.6) is 0 Å². The summed E-state index contributed by atoms with van der Waals surface area (Å²) in [7, 11) is 0. The topological polar surface area (TPSA) is 54.5 Å². The SMILES string of the molecule is O=C(NCC(c1ccc(F)cc1)N1CCOCC1)c1ccc2ncccc2c1. The van der Waals surface area contributed by atoms with Gasteiger partial charge in [-0.1, -0.05) is 18.2 Å². The first-order chi connectivity index (χ1) is 13.7. The molecule has 1 N–H and O–H groups in total. The highest BCUT2D eigenvalue weighted by molar-refractivity contribution is 5.97. The molecule has 2 heterocycles. The van der Waals surface area contributed by atoms with Gasteiger partial charge in [0.25, 0.3) is 5.91 Å². The van der Waals surface area contributed by atoms with Gasteiger partial charge in [-0.05, 0) is 42.0 Å². The van der Waals surface area contributed by atoms with Crippen LogP contribution in [0.1, 0.15) is 22.0 Å². The second-order valence-corrected chi connectivity index (χ2v) is 6.84. The quantitative estimate of drug-likeness (QED) is 0.740. The molecular weight excluding hydrogens is 357 g/mol. The molecule has 0 saturated carbocycles. The first-order valence-corrected chi connectivity index (χ1v) is 9.41. The van der Waals surface area contributed by atoms with Gasteiger partial charge in [0.15, 0.2) is 0 Å². The van der Waals surface area contributed by atoms with Crippen LogP contribution in [0, 0.1) is 5.82 Å². The van der Waals surface area contributed by atoms with Crippen molar-refractivity contribution in [1.82, 2.24) is 15.2 Å². The summed E-state index contributed by atoms with van der Waals surface area (Å²) in [5.74, 6) is -0.399. The molecule has 28 heavy (non-hydrogen) atoms. The average Bonchev–Trinajstić information content (AvgIpc) is 2.75. The van der Waals surface area contributed by atoms with Crippen LogP contribution in [-0.2, 0) is 4.74 Å². The van der Waals surface area contributed by atoms with Crippen molar-refractivity contribution < 1.29 is 13.9 Å². The number of morpholine rings is 1. The molecule has 2 aromatic carbocycles. The number of benzene rings is 2. The predicted octanol–water partition coefficient (Wildman–Crippen LogP) is 3.18. The van der Waals surface area contributed by atoms with Gasteiger partial charge in [0.05, 0.1) is 24.8 Å². The van der Waals surface area contributed by atoms with E-state index in [-0.39, 0.29) is 17.8 Å². The Morgan fingerprint density at radius 2 is 1.93 bits per heavy atom. The minimum absolute atomic E-state index is 0.0319. The predicted molar refractivity (Wildman–Crippen MR) is 106 cm³/mol. The van der Waals surface area contributed by atoms with Crippen LogP contribution in [-0.4, -0.2) is 48.6 Å². The molecule has 1 aromatic heterocycles. The summed E-state index contributed by atoms with van der Waals surface area (Å²) in [6.07, 6.45) is 1.73. The molecule has 6 heteroatoms. The smallest absolute Gasteiger partial charge is 0.251 e. The Bertz CT molecular complexity index is 955. The molecule has 1 atom stereocenters. The van der Waals surface area contributed by atoms with Crippen LogP contribution in [0.25, 0.3) is 10.9 Å². The number of hydrogen-bond acceptors (Lipinski definition) is 4. The molecular formula is C22H22FN3O2. The zero-order valence-electron chi connectivity index (χ0n) is 15.5. The Hall–Kier alpha value is -2.83. The minimum atomic E-state index is -0.265. The van der Waals surface area contributed by atoms with Gasteiger partial charge in [0.2, 0.25) is 0 Å². The number of halogens is 1. The Labute approximate surface area is 163 Å². The van der Waals surface area contributed by atoms with Gasteiger partial charge < -0.3 is 10.1 Å². The zero-order valence-corrected chi connectivity index (χ0v) is 15.5. The van der Waals surface area contributed by atoms with Crippen LogP contribution in [0.2, 0.25) is 0 Å². The van der Waals surface area contributed by atoms with Crippen molar-refractivity contribution in [1.29, 1.82) is 0 Å². The molecule has 0 radical (unpaired) electrons. The van der Waals surface area contributed by atoms with Gasteiger partial charge in [-0.25, -0.2) is 4.39 Å². The van der Waals surface area contributed by atoms with Gasteiger partial charge in [-0.2, -0.15) is 0 Å². The van der Waals surface area contributed by atoms with E-state index in [4.69, 9.17) is 4.74 Å². The lowest BCUT2D eigenvalue weighted by Crippen LogP contribution is -2.43. The molecule has 5 nitrogen and oxygen atoms in total. The number of pyridine rings is 1. The van der Waals surface area contributed by atoms with Crippen molar-refractivity contribution in [3.05, 3.63) is 77.7 Å². The first kappa shape index (κ1) is 18.5. The van der Waals surface area contributed by atoms with Crippen molar-refractivity contribution in [3.63, 3.8) is 0 Å². The third kappa shape index (κ3) is 4.18. The molecule has 1 fully saturated rings. The highest BCUT2D eigenvalue weighted by Crippen LogP contribution is 2.22. The molecule has 1 aliphatic heterocycles. The van der Waals surface area contributed by atoms with E-state index in [1.807, 2.05) is 24.3 Å². The monoisotopic (exact) mass is 379 g/mol. The van der Waals surface area contributed by atoms with E-state index in [0.29, 0.717) is 25.3 Å². The van der Waals surface area contributed by atoms with E-state index < -0.39 is 0 Å². The number of nitrogens with zero attached hydrogens (tertiary/aromatic N) is 2. The summed E-state index contributed by atoms with van der Waals surface area (Å²) in [4.78, 5) is 19.3. The average molecular weight is 379 g/mol. The Kier molecular flexibility index (Phi) is 5.60. The lowest BCUT2D eigenvalue weighted by atomic mass is 10.0. The molecule has 144 valence electrons. The van der Waals surface area contributed by atoms with E-state index >= 15 is 0 Å². The fraction of sp³-hybridized carbons (Fsp3) is 0.273. The highest BCUT2D eigenvalue weighted by atomic mass is 19.1. The third-order valence-electron chi connectivity index (χ3n) is 5.06. The van der Waals surface area contributed by atoms with Crippen LogP contribution in [0.3, 0.4) is 0 Å². The molecule has 0 bridgehead atoms. The fourth-order valence-electron chi connectivity index (χ4n) is 3.54. The largest absolute Gasteiger partial charge is 0.379 e. The molecule has 1 amide bonds. The number of rotatable bonds is 5. The van der Waals surface area contributed by atoms with Gasteiger partial charge in [0, 0.05) is 36.8 Å². The molecule has 0 spiro atoms. The minimum Gasteiger partial charge on any atom is -0.379 e. The number of hydrogen-bond donors (Lipinski definition) is 1. The van der Waals surface area contributed by atoms with Crippen molar-refractivity contribution >= 4 is 16.8 Å². The number of ether oxygens (including phenoxy) is 1. The van der Waals surface area contributed by atoms with Gasteiger partial charge in [0.1, 0.15) is 5.82 Å². The van der Waals surface area contributed by atoms with E-state index in [9.17, 15) is 9.18 Å². The number of aromatic nitrogens is 1. The van der Waals surface area contributed by atoms with Crippen LogP contribution >= 0.6 is 0 Å². The maximum Gasteiger partial charge on any atom is 0.251 e. The van der Waals surface area contributed by atoms with Gasteiger partial charge in [-0.3, -0.25) is 14.7 Å². The molecule has 3 aromatic rings. The van der Waals surface area contributed by atoms with E-state index in [1.165, 1.54) is 12.1 Å². The summed E-state index contributed by atoms with van der Waals surface area (Å²) in [5.41, 5.74) is 2.43. The molecule has 1 unspecified atom stereocenters. The number of carbonyl (C=O) groups excluding carboxylic acids is 1. The van der Waals surface area contributed by atoms with Gasteiger partial charge >= 0.3 is 0 Å². The first-order valence-electron chi connectivity index (χ1n) is 9.41. The molecule has 1 saturated heterocycles. The second kappa shape index (κ2) is 8.46. The number of fused-ring (bicyclic) bond motifs is 1. The van der Waals surface area contributed by atoms with Crippen molar-refractivity contribution in [2.75, 3.05) is 32.8 Å². The Morgan fingerprint density at radius 1 is 1.14 bits per heavy atom. The maximum absolute atomic E-state index is 13.3.